The summed E-state index contributed by atoms with van der Waals surface area (Å²) in [6, 6.07) is 0. The average molecular weight is 250 g/mol. The Morgan fingerprint density at radius 2 is 0.778 bits per heavy atom. The lowest BCUT2D eigenvalue weighted by atomic mass is 9.78. The van der Waals surface area contributed by atoms with Crippen LogP contribution < -0.4 is 0 Å². The van der Waals surface area contributed by atoms with E-state index in [1.165, 1.54) is 0 Å². The van der Waals surface area contributed by atoms with Gasteiger partial charge in [-0.15, -0.1) is 0 Å². The molecule has 2 nitrogen and oxygen atoms in total. The Labute approximate surface area is 112 Å². The normalized spacial score (nSPS) is 18.6. The molecule has 2 unspecified atom stereocenters. The standard InChI is InChI=1S/C16H26O2/c1-13(2,3)15(7,17)11-9-10-12-16(8,18)14(4,5)6/h17-18H,1-8H3. The summed E-state index contributed by atoms with van der Waals surface area (Å²) in [5, 5.41) is 20.3. The predicted octanol–water partition coefficient (Wildman–Crippen LogP) is 2.59. The highest BCUT2D eigenvalue weighted by atomic mass is 16.3. The highest BCUT2D eigenvalue weighted by Crippen LogP contribution is 2.29. The molecule has 0 heterocycles. The topological polar surface area (TPSA) is 40.5 Å². The van der Waals surface area contributed by atoms with Crippen molar-refractivity contribution >= 4 is 0 Å². The van der Waals surface area contributed by atoms with Crippen molar-refractivity contribution in [1.82, 2.24) is 0 Å². The number of hydrogen-bond donors (Lipinski definition) is 2. The Bertz CT molecular complexity index is 364. The van der Waals surface area contributed by atoms with Gasteiger partial charge in [-0.2, -0.15) is 0 Å². The molecule has 0 aliphatic heterocycles. The van der Waals surface area contributed by atoms with Crippen molar-refractivity contribution < 1.29 is 10.2 Å². The summed E-state index contributed by atoms with van der Waals surface area (Å²) in [4.78, 5) is 0. The summed E-state index contributed by atoms with van der Waals surface area (Å²) in [5.41, 5.74) is -2.88. The monoisotopic (exact) mass is 250 g/mol. The molecule has 0 bridgehead atoms. The maximum Gasteiger partial charge on any atom is 0.128 e. The van der Waals surface area contributed by atoms with Gasteiger partial charge < -0.3 is 10.2 Å². The first kappa shape index (κ1) is 17.0. The second-order valence-corrected chi connectivity index (χ2v) is 7.14. The van der Waals surface area contributed by atoms with E-state index in [1.807, 2.05) is 41.5 Å². The molecule has 0 rings (SSSR count). The molecule has 0 fully saturated rings. The fraction of sp³-hybridized carbons (Fsp3) is 0.750. The maximum absolute atomic E-state index is 10.1. The molecule has 18 heavy (non-hydrogen) atoms. The largest absolute Gasteiger partial charge is 0.377 e. The summed E-state index contributed by atoms with van der Waals surface area (Å²) in [5.74, 6) is 10.8. The molecule has 0 saturated heterocycles. The molecular weight excluding hydrogens is 224 g/mol. The Kier molecular flexibility index (Phi) is 4.70. The molecule has 0 amide bonds. The van der Waals surface area contributed by atoms with Gasteiger partial charge in [0.2, 0.25) is 0 Å². The van der Waals surface area contributed by atoms with E-state index in [0.717, 1.165) is 0 Å². The molecule has 0 aliphatic carbocycles. The van der Waals surface area contributed by atoms with Gasteiger partial charge in [-0.3, -0.25) is 0 Å². The Morgan fingerprint density at radius 3 is 0.944 bits per heavy atom. The molecule has 2 N–H and O–H groups in total. The molecule has 0 aromatic heterocycles. The van der Waals surface area contributed by atoms with Crippen LogP contribution in [0.15, 0.2) is 0 Å². The van der Waals surface area contributed by atoms with Gasteiger partial charge in [0.25, 0.3) is 0 Å². The Morgan fingerprint density at radius 1 is 0.556 bits per heavy atom. The quantitative estimate of drug-likeness (QED) is 0.649. The first-order valence-corrected chi connectivity index (χ1v) is 6.20. The van der Waals surface area contributed by atoms with E-state index < -0.39 is 11.2 Å². The summed E-state index contributed by atoms with van der Waals surface area (Å²) in [7, 11) is 0. The minimum atomic E-state index is -1.10. The van der Waals surface area contributed by atoms with Crippen LogP contribution >= 0.6 is 0 Å². The van der Waals surface area contributed by atoms with Gasteiger partial charge in [-0.05, 0) is 25.7 Å². The third kappa shape index (κ3) is 4.37. The van der Waals surface area contributed by atoms with Gasteiger partial charge in [-0.25, -0.2) is 0 Å². The van der Waals surface area contributed by atoms with Gasteiger partial charge in [0, 0.05) is 10.8 Å². The van der Waals surface area contributed by atoms with E-state index >= 15 is 0 Å². The maximum atomic E-state index is 10.1. The van der Waals surface area contributed by atoms with Crippen LogP contribution in [0.2, 0.25) is 0 Å². The molecule has 0 aromatic carbocycles. The number of hydrogen-bond acceptors (Lipinski definition) is 2. The van der Waals surface area contributed by atoms with Crippen molar-refractivity contribution in [3.63, 3.8) is 0 Å². The minimum absolute atomic E-state index is 0.339. The van der Waals surface area contributed by atoms with E-state index in [1.54, 1.807) is 13.8 Å². The van der Waals surface area contributed by atoms with Gasteiger partial charge in [0.15, 0.2) is 0 Å². The van der Waals surface area contributed by atoms with Crippen LogP contribution in [0, 0.1) is 34.5 Å². The molecule has 102 valence electrons. The third-order valence-corrected chi connectivity index (χ3v) is 3.60. The van der Waals surface area contributed by atoms with Crippen LogP contribution in [0.3, 0.4) is 0 Å². The van der Waals surface area contributed by atoms with Crippen molar-refractivity contribution in [2.75, 3.05) is 0 Å². The van der Waals surface area contributed by atoms with Crippen LogP contribution in [0.1, 0.15) is 55.4 Å². The van der Waals surface area contributed by atoms with Gasteiger partial charge in [-0.1, -0.05) is 53.4 Å². The van der Waals surface area contributed by atoms with Crippen molar-refractivity contribution in [2.45, 2.75) is 66.6 Å². The first-order valence-electron chi connectivity index (χ1n) is 6.20. The summed E-state index contributed by atoms with van der Waals surface area (Å²) in [6.07, 6.45) is 0. The first-order chi connectivity index (χ1) is 7.71. The zero-order chi connectivity index (χ0) is 14.8. The molecule has 0 aliphatic rings. The lowest BCUT2D eigenvalue weighted by Crippen LogP contribution is -2.38. The average Bonchev–Trinajstić information content (AvgIpc) is 2.08. The summed E-state index contributed by atoms with van der Waals surface area (Å²) >= 11 is 0. The zero-order valence-corrected chi connectivity index (χ0v) is 12.9. The predicted molar refractivity (Wildman–Crippen MR) is 75.7 cm³/mol. The lowest BCUT2D eigenvalue weighted by molar-refractivity contribution is 0.0123. The van der Waals surface area contributed by atoms with Gasteiger partial charge in [0.05, 0.1) is 0 Å². The molecule has 0 radical (unpaired) electrons. The number of aliphatic hydroxyl groups is 2. The molecule has 2 heteroatoms. The van der Waals surface area contributed by atoms with Crippen LogP contribution in [0.25, 0.3) is 0 Å². The van der Waals surface area contributed by atoms with Crippen LogP contribution in [-0.2, 0) is 0 Å². The molecular formula is C16H26O2. The van der Waals surface area contributed by atoms with Crippen LogP contribution in [0.4, 0.5) is 0 Å². The van der Waals surface area contributed by atoms with E-state index in [9.17, 15) is 10.2 Å². The smallest absolute Gasteiger partial charge is 0.128 e. The minimum Gasteiger partial charge on any atom is -0.377 e. The van der Waals surface area contributed by atoms with E-state index in [-0.39, 0.29) is 10.8 Å². The van der Waals surface area contributed by atoms with Crippen molar-refractivity contribution in [3.8, 4) is 23.7 Å². The molecule has 0 spiro atoms. The fourth-order valence-corrected chi connectivity index (χ4v) is 0.681. The molecule has 2 atom stereocenters. The van der Waals surface area contributed by atoms with Crippen molar-refractivity contribution in [1.29, 1.82) is 0 Å². The van der Waals surface area contributed by atoms with E-state index in [2.05, 4.69) is 23.7 Å². The molecule has 0 aromatic rings. The number of rotatable bonds is 0. The van der Waals surface area contributed by atoms with Gasteiger partial charge in [0.1, 0.15) is 11.2 Å². The van der Waals surface area contributed by atoms with Crippen molar-refractivity contribution in [3.05, 3.63) is 0 Å². The highest BCUT2D eigenvalue weighted by molar-refractivity contribution is 5.33. The van der Waals surface area contributed by atoms with Gasteiger partial charge >= 0.3 is 0 Å². The second kappa shape index (κ2) is 4.96. The molecule has 0 saturated carbocycles. The zero-order valence-electron chi connectivity index (χ0n) is 12.9. The Balaban J connectivity index is 5.05. The van der Waals surface area contributed by atoms with Crippen LogP contribution in [0.5, 0.6) is 0 Å². The highest BCUT2D eigenvalue weighted by Gasteiger charge is 2.34. The lowest BCUT2D eigenvalue weighted by Gasteiger charge is -2.32. The van der Waals surface area contributed by atoms with Crippen LogP contribution in [-0.4, -0.2) is 21.4 Å². The van der Waals surface area contributed by atoms with E-state index in [4.69, 9.17) is 0 Å². The summed E-state index contributed by atoms with van der Waals surface area (Å²) in [6.45, 7) is 14.8. The summed E-state index contributed by atoms with van der Waals surface area (Å²) < 4.78 is 0. The van der Waals surface area contributed by atoms with Crippen molar-refractivity contribution in [2.24, 2.45) is 10.8 Å². The SMILES string of the molecule is CC(C)(C)C(C)(O)C#CC#CC(C)(O)C(C)(C)C. The van der Waals surface area contributed by atoms with E-state index in [0.29, 0.717) is 0 Å². The fourth-order valence-electron chi connectivity index (χ4n) is 0.681. The Hall–Kier alpha value is -0.960. The third-order valence-electron chi connectivity index (χ3n) is 3.60. The second-order valence-electron chi connectivity index (χ2n) is 7.14.